The van der Waals surface area contributed by atoms with Gasteiger partial charge in [-0.25, -0.2) is 0 Å². The quantitative estimate of drug-likeness (QED) is 0.621. The molecule has 0 radical (unpaired) electrons. The van der Waals surface area contributed by atoms with Gasteiger partial charge in [0.25, 0.3) is 0 Å². The first-order valence-electron chi connectivity index (χ1n) is 9.25. The Morgan fingerprint density at radius 3 is 2.12 bits per heavy atom. The number of aromatic amines is 1. The summed E-state index contributed by atoms with van der Waals surface area (Å²) in [7, 11) is 0. The molecule has 0 bridgehead atoms. The van der Waals surface area contributed by atoms with Gasteiger partial charge in [0.15, 0.2) is 0 Å². The molecule has 0 unspecified atom stereocenters. The Kier molecular flexibility index (Phi) is 4.44. The lowest BCUT2D eigenvalue weighted by molar-refractivity contribution is 0.456. The maximum atomic E-state index is 4.42. The number of benzene rings is 2. The SMILES string of the molecule is CCC(C)(C)c1cccc(-c2cccc3n[nH]nc23)c1C(C)(C)CC. The molecule has 3 rings (SSSR count). The van der Waals surface area contributed by atoms with Crippen molar-refractivity contribution in [1.29, 1.82) is 0 Å². The predicted molar refractivity (Wildman–Crippen MR) is 106 cm³/mol. The molecular weight excluding hydrogens is 306 g/mol. The van der Waals surface area contributed by atoms with Crippen LogP contribution in [0.15, 0.2) is 36.4 Å². The lowest BCUT2D eigenvalue weighted by Crippen LogP contribution is -2.26. The number of nitrogens with zero attached hydrogens (tertiary/aromatic N) is 2. The fourth-order valence-corrected chi connectivity index (χ4v) is 3.52. The van der Waals surface area contributed by atoms with Gasteiger partial charge in [-0.15, -0.1) is 0 Å². The van der Waals surface area contributed by atoms with Gasteiger partial charge in [-0.3, -0.25) is 0 Å². The Labute approximate surface area is 150 Å². The Morgan fingerprint density at radius 1 is 0.800 bits per heavy atom. The third kappa shape index (κ3) is 2.97. The van der Waals surface area contributed by atoms with Gasteiger partial charge in [-0.1, -0.05) is 71.9 Å². The molecule has 25 heavy (non-hydrogen) atoms. The first-order chi connectivity index (χ1) is 11.8. The molecule has 1 heterocycles. The highest BCUT2D eigenvalue weighted by molar-refractivity contribution is 5.92. The lowest BCUT2D eigenvalue weighted by atomic mass is 9.69. The van der Waals surface area contributed by atoms with E-state index in [2.05, 4.69) is 87.3 Å². The number of hydrogen-bond acceptors (Lipinski definition) is 2. The minimum absolute atomic E-state index is 0.0876. The molecule has 2 aromatic carbocycles. The van der Waals surface area contributed by atoms with E-state index in [0.29, 0.717) is 0 Å². The zero-order chi connectivity index (χ0) is 18.2. The highest BCUT2D eigenvalue weighted by Crippen LogP contribution is 2.44. The van der Waals surface area contributed by atoms with E-state index in [1.807, 2.05) is 6.07 Å². The van der Waals surface area contributed by atoms with Crippen molar-refractivity contribution in [1.82, 2.24) is 15.4 Å². The average Bonchev–Trinajstić information content (AvgIpc) is 3.09. The van der Waals surface area contributed by atoms with E-state index in [-0.39, 0.29) is 10.8 Å². The summed E-state index contributed by atoms with van der Waals surface area (Å²) in [6.07, 6.45) is 2.20. The summed E-state index contributed by atoms with van der Waals surface area (Å²) < 4.78 is 0. The van der Waals surface area contributed by atoms with Crippen LogP contribution >= 0.6 is 0 Å². The predicted octanol–water partition coefficient (Wildman–Crippen LogP) is 6.00. The van der Waals surface area contributed by atoms with Crippen LogP contribution in [0.3, 0.4) is 0 Å². The second-order valence-electron chi connectivity index (χ2n) is 8.20. The molecule has 1 N–H and O–H groups in total. The molecule has 0 spiro atoms. The maximum Gasteiger partial charge on any atom is 0.120 e. The summed E-state index contributed by atoms with van der Waals surface area (Å²) in [6, 6.07) is 13.0. The van der Waals surface area contributed by atoms with Crippen molar-refractivity contribution in [2.75, 3.05) is 0 Å². The number of fused-ring (bicyclic) bond motifs is 1. The van der Waals surface area contributed by atoms with Crippen LogP contribution in [0, 0.1) is 0 Å². The maximum absolute atomic E-state index is 4.42. The molecule has 132 valence electrons. The second-order valence-corrected chi connectivity index (χ2v) is 8.20. The number of para-hydroxylation sites is 1. The summed E-state index contributed by atoms with van der Waals surface area (Å²) in [5.41, 5.74) is 7.42. The molecular formula is C22H29N3. The molecule has 0 aliphatic carbocycles. The van der Waals surface area contributed by atoms with Crippen LogP contribution in [0.4, 0.5) is 0 Å². The van der Waals surface area contributed by atoms with E-state index in [0.717, 1.165) is 29.4 Å². The van der Waals surface area contributed by atoms with Crippen molar-refractivity contribution in [3.05, 3.63) is 47.5 Å². The smallest absolute Gasteiger partial charge is 0.120 e. The lowest BCUT2D eigenvalue weighted by Gasteiger charge is -2.35. The van der Waals surface area contributed by atoms with Crippen LogP contribution in [0.5, 0.6) is 0 Å². The van der Waals surface area contributed by atoms with Crippen LogP contribution in [0.2, 0.25) is 0 Å². The topological polar surface area (TPSA) is 41.6 Å². The van der Waals surface area contributed by atoms with E-state index in [1.54, 1.807) is 0 Å². The van der Waals surface area contributed by atoms with Gasteiger partial charge in [0.2, 0.25) is 0 Å². The molecule has 0 aliphatic heterocycles. The van der Waals surface area contributed by atoms with Gasteiger partial charge in [0, 0.05) is 5.56 Å². The zero-order valence-corrected chi connectivity index (χ0v) is 16.3. The number of H-pyrrole nitrogens is 1. The van der Waals surface area contributed by atoms with Crippen molar-refractivity contribution < 1.29 is 0 Å². The van der Waals surface area contributed by atoms with Crippen molar-refractivity contribution >= 4 is 11.0 Å². The fraction of sp³-hybridized carbons (Fsp3) is 0.455. The average molecular weight is 335 g/mol. The summed E-state index contributed by atoms with van der Waals surface area (Å²) in [6.45, 7) is 13.9. The van der Waals surface area contributed by atoms with Gasteiger partial charge in [0.1, 0.15) is 11.0 Å². The standard InChI is InChI=1S/C22H29N3/c1-7-21(3,4)17-13-9-11-15(19(17)22(5,6)8-2)16-12-10-14-18-20(16)24-25-23-18/h9-14H,7-8H2,1-6H3,(H,23,24,25). The summed E-state index contributed by atoms with van der Waals surface area (Å²) in [5, 5.41) is 11.5. The van der Waals surface area contributed by atoms with Crippen LogP contribution < -0.4 is 0 Å². The van der Waals surface area contributed by atoms with Gasteiger partial charge < -0.3 is 0 Å². The molecule has 3 heteroatoms. The Bertz CT molecular complexity index is 887. The first-order valence-corrected chi connectivity index (χ1v) is 9.25. The Hall–Kier alpha value is -2.16. The number of aromatic nitrogens is 3. The summed E-state index contributed by atoms with van der Waals surface area (Å²) >= 11 is 0. The third-order valence-electron chi connectivity index (χ3n) is 5.88. The molecule has 0 saturated carbocycles. The monoisotopic (exact) mass is 335 g/mol. The molecule has 0 saturated heterocycles. The van der Waals surface area contributed by atoms with E-state index in [4.69, 9.17) is 0 Å². The van der Waals surface area contributed by atoms with Gasteiger partial charge in [-0.05, 0) is 46.4 Å². The molecule has 0 amide bonds. The fourth-order valence-electron chi connectivity index (χ4n) is 3.52. The zero-order valence-electron chi connectivity index (χ0n) is 16.3. The van der Waals surface area contributed by atoms with Crippen LogP contribution in [-0.2, 0) is 10.8 Å². The summed E-state index contributed by atoms with van der Waals surface area (Å²) in [5.74, 6) is 0. The first kappa shape index (κ1) is 17.7. The highest BCUT2D eigenvalue weighted by atomic mass is 15.3. The molecule has 3 nitrogen and oxygen atoms in total. The molecule has 0 atom stereocenters. The van der Waals surface area contributed by atoms with Crippen molar-refractivity contribution in [3.63, 3.8) is 0 Å². The van der Waals surface area contributed by atoms with E-state index >= 15 is 0 Å². The van der Waals surface area contributed by atoms with E-state index in [9.17, 15) is 0 Å². The summed E-state index contributed by atoms with van der Waals surface area (Å²) in [4.78, 5) is 0. The van der Waals surface area contributed by atoms with Crippen molar-refractivity contribution in [3.8, 4) is 11.1 Å². The van der Waals surface area contributed by atoms with Crippen LogP contribution in [0.25, 0.3) is 22.2 Å². The van der Waals surface area contributed by atoms with Gasteiger partial charge in [0.05, 0.1) is 0 Å². The van der Waals surface area contributed by atoms with Gasteiger partial charge >= 0.3 is 0 Å². The Balaban J connectivity index is 2.38. The van der Waals surface area contributed by atoms with Crippen molar-refractivity contribution in [2.24, 2.45) is 0 Å². The van der Waals surface area contributed by atoms with Crippen LogP contribution in [0.1, 0.15) is 65.5 Å². The highest BCUT2D eigenvalue weighted by Gasteiger charge is 2.31. The van der Waals surface area contributed by atoms with E-state index < -0.39 is 0 Å². The molecule has 0 aliphatic rings. The molecule has 1 aromatic heterocycles. The van der Waals surface area contributed by atoms with E-state index in [1.165, 1.54) is 16.7 Å². The second kappa shape index (κ2) is 6.29. The number of rotatable bonds is 5. The number of hydrogen-bond donors (Lipinski definition) is 1. The minimum atomic E-state index is 0.0876. The van der Waals surface area contributed by atoms with Gasteiger partial charge in [-0.2, -0.15) is 15.4 Å². The Morgan fingerprint density at radius 2 is 1.44 bits per heavy atom. The molecule has 3 aromatic rings. The molecule has 0 fully saturated rings. The normalized spacial score (nSPS) is 12.7. The van der Waals surface area contributed by atoms with Crippen LogP contribution in [-0.4, -0.2) is 15.4 Å². The van der Waals surface area contributed by atoms with Crippen molar-refractivity contribution in [2.45, 2.75) is 65.2 Å². The number of nitrogens with one attached hydrogen (secondary N) is 1. The largest absolute Gasteiger partial charge is 0.197 e. The minimum Gasteiger partial charge on any atom is -0.197 e. The third-order valence-corrected chi connectivity index (χ3v) is 5.88.